The smallest absolute Gasteiger partial charge is 0.336 e. The number of carbonyl (C=O) groups is 2. The number of halogens is 2. The van der Waals surface area contributed by atoms with Crippen molar-refractivity contribution in [3.63, 3.8) is 0 Å². The van der Waals surface area contributed by atoms with Gasteiger partial charge in [-0.25, -0.2) is 9.59 Å². The van der Waals surface area contributed by atoms with Crippen LogP contribution in [0, 0.1) is 16.7 Å². The number of nitrogens with zero attached hydrogens (tertiary/aromatic N) is 1. The summed E-state index contributed by atoms with van der Waals surface area (Å²) in [5, 5.41) is 11.3. The number of esters is 2. The molecule has 0 aromatic heterocycles. The molecular weight excluding hydrogens is 451 g/mol. The van der Waals surface area contributed by atoms with Crippen LogP contribution in [-0.2, 0) is 19.1 Å². The molecule has 8 heteroatoms. The van der Waals surface area contributed by atoms with Gasteiger partial charge in [-0.2, -0.15) is 5.26 Å². The standard InChI is InChI=1S/C24H22Cl2N2O4/c1-3-31-22(29)19-18(14-5-9-16(25)10-6-14)20(15-7-11-17(26)12-8-15)24(13-27,21(19)28)23(30)32-4-2/h5-12,18,20H,3-4,28H2,1-2H3/t18-,20+,24-/m0/s1. The maximum atomic E-state index is 13.3. The third kappa shape index (κ3) is 3.94. The fourth-order valence-corrected chi connectivity index (χ4v) is 4.46. The summed E-state index contributed by atoms with van der Waals surface area (Å²) in [5.41, 5.74) is 5.66. The number of hydrogen-bond acceptors (Lipinski definition) is 6. The first kappa shape index (κ1) is 23.6. The lowest BCUT2D eigenvalue weighted by atomic mass is 9.69. The third-order valence-corrected chi connectivity index (χ3v) is 6.06. The Hall–Kier alpha value is -3.01. The molecule has 32 heavy (non-hydrogen) atoms. The van der Waals surface area contributed by atoms with Crippen molar-refractivity contribution in [2.45, 2.75) is 25.7 Å². The largest absolute Gasteiger partial charge is 0.464 e. The molecule has 0 aliphatic heterocycles. The first-order valence-corrected chi connectivity index (χ1v) is 10.8. The maximum absolute atomic E-state index is 13.3. The lowest BCUT2D eigenvalue weighted by Gasteiger charge is -2.32. The number of carbonyl (C=O) groups excluding carboxylic acids is 2. The Bertz CT molecular complexity index is 1090. The van der Waals surface area contributed by atoms with Crippen LogP contribution in [0.15, 0.2) is 59.8 Å². The van der Waals surface area contributed by atoms with E-state index in [0.717, 1.165) is 0 Å². The van der Waals surface area contributed by atoms with Gasteiger partial charge < -0.3 is 15.2 Å². The molecule has 0 heterocycles. The molecule has 0 saturated heterocycles. The number of benzene rings is 2. The van der Waals surface area contributed by atoms with E-state index in [-0.39, 0.29) is 24.5 Å². The van der Waals surface area contributed by atoms with E-state index in [2.05, 4.69) is 6.07 Å². The summed E-state index contributed by atoms with van der Waals surface area (Å²) in [6.07, 6.45) is 0. The molecule has 2 aromatic carbocycles. The van der Waals surface area contributed by atoms with Gasteiger partial charge in [0, 0.05) is 21.9 Å². The Kier molecular flexibility index (Phi) is 7.12. The van der Waals surface area contributed by atoms with Crippen molar-refractivity contribution < 1.29 is 19.1 Å². The second kappa shape index (κ2) is 9.64. The summed E-state index contributed by atoms with van der Waals surface area (Å²) < 4.78 is 10.5. The molecule has 3 atom stereocenters. The molecule has 0 unspecified atom stereocenters. The first-order valence-electron chi connectivity index (χ1n) is 10.1. The van der Waals surface area contributed by atoms with Gasteiger partial charge in [-0.3, -0.25) is 0 Å². The number of hydrogen-bond donors (Lipinski definition) is 1. The highest BCUT2D eigenvalue weighted by Crippen LogP contribution is 2.59. The van der Waals surface area contributed by atoms with E-state index in [1.54, 1.807) is 62.4 Å². The van der Waals surface area contributed by atoms with E-state index in [1.165, 1.54) is 0 Å². The molecule has 0 saturated carbocycles. The summed E-state index contributed by atoms with van der Waals surface area (Å²) in [5.74, 6) is -3.12. The van der Waals surface area contributed by atoms with Crippen LogP contribution >= 0.6 is 23.2 Å². The first-order chi connectivity index (χ1) is 15.3. The predicted molar refractivity (Wildman–Crippen MR) is 121 cm³/mol. The van der Waals surface area contributed by atoms with Gasteiger partial charge >= 0.3 is 11.9 Å². The quantitative estimate of drug-likeness (QED) is 0.609. The minimum Gasteiger partial charge on any atom is -0.464 e. The Morgan fingerprint density at radius 2 is 1.47 bits per heavy atom. The fraction of sp³-hybridized carbons (Fsp3) is 0.292. The summed E-state index contributed by atoms with van der Waals surface area (Å²) in [4.78, 5) is 26.3. The zero-order valence-electron chi connectivity index (χ0n) is 17.6. The lowest BCUT2D eigenvalue weighted by molar-refractivity contribution is -0.151. The van der Waals surface area contributed by atoms with Gasteiger partial charge in [0.05, 0.1) is 30.6 Å². The SMILES string of the molecule is CCOC(=O)C1=C(N)[C@@](C#N)(C(=O)OCC)[C@H](c2ccc(Cl)cc2)[C@H]1c1ccc(Cl)cc1. The van der Waals surface area contributed by atoms with Crippen LogP contribution in [0.3, 0.4) is 0 Å². The summed E-state index contributed by atoms with van der Waals surface area (Å²) >= 11 is 12.1. The molecule has 2 aromatic rings. The van der Waals surface area contributed by atoms with Crippen molar-refractivity contribution >= 4 is 35.1 Å². The average molecular weight is 473 g/mol. The normalized spacial score (nSPS) is 22.3. The minimum atomic E-state index is -1.93. The van der Waals surface area contributed by atoms with Crippen molar-refractivity contribution in [3.05, 3.63) is 81.0 Å². The molecule has 1 aliphatic rings. The Balaban J connectivity index is 2.36. The van der Waals surface area contributed by atoms with Crippen LogP contribution in [0.5, 0.6) is 0 Å². The number of nitriles is 1. The Labute approximate surface area is 196 Å². The molecule has 0 fully saturated rings. The molecule has 3 rings (SSSR count). The van der Waals surface area contributed by atoms with Crippen molar-refractivity contribution in [3.8, 4) is 6.07 Å². The van der Waals surface area contributed by atoms with E-state index >= 15 is 0 Å². The molecule has 166 valence electrons. The fourth-order valence-electron chi connectivity index (χ4n) is 4.21. The number of ether oxygens (including phenoxy) is 2. The molecule has 6 nitrogen and oxygen atoms in total. The second-order valence-electron chi connectivity index (χ2n) is 7.25. The highest BCUT2D eigenvalue weighted by Gasteiger charge is 2.62. The molecule has 0 amide bonds. The third-order valence-electron chi connectivity index (χ3n) is 5.55. The second-order valence-corrected chi connectivity index (χ2v) is 8.12. The average Bonchev–Trinajstić information content (AvgIpc) is 3.04. The highest BCUT2D eigenvalue weighted by molar-refractivity contribution is 6.30. The highest BCUT2D eigenvalue weighted by atomic mass is 35.5. The Morgan fingerprint density at radius 3 is 1.94 bits per heavy atom. The van der Waals surface area contributed by atoms with Gasteiger partial charge in [0.15, 0.2) is 0 Å². The van der Waals surface area contributed by atoms with Gasteiger partial charge in [0.1, 0.15) is 0 Å². The molecule has 2 N–H and O–H groups in total. The molecule has 0 spiro atoms. The minimum absolute atomic E-state index is 0.0449. The van der Waals surface area contributed by atoms with Crippen LogP contribution in [0.2, 0.25) is 10.0 Å². The van der Waals surface area contributed by atoms with E-state index in [9.17, 15) is 14.9 Å². The molecule has 0 radical (unpaired) electrons. The summed E-state index contributed by atoms with van der Waals surface area (Å²) in [6.45, 7) is 3.45. The maximum Gasteiger partial charge on any atom is 0.336 e. The van der Waals surface area contributed by atoms with Crippen molar-refractivity contribution in [1.29, 1.82) is 5.26 Å². The molecule has 1 aliphatic carbocycles. The topological polar surface area (TPSA) is 102 Å². The lowest BCUT2D eigenvalue weighted by Crippen LogP contribution is -2.40. The van der Waals surface area contributed by atoms with E-state index in [0.29, 0.717) is 21.2 Å². The van der Waals surface area contributed by atoms with Crippen LogP contribution in [0.4, 0.5) is 0 Å². The molecular formula is C24H22Cl2N2O4. The zero-order valence-corrected chi connectivity index (χ0v) is 19.1. The van der Waals surface area contributed by atoms with Gasteiger partial charge in [-0.05, 0) is 49.2 Å². The summed E-state index contributed by atoms with van der Waals surface area (Å²) in [7, 11) is 0. The van der Waals surface area contributed by atoms with Gasteiger partial charge in [0.2, 0.25) is 5.41 Å². The molecule has 0 bridgehead atoms. The predicted octanol–water partition coefficient (Wildman–Crippen LogP) is 4.72. The summed E-state index contributed by atoms with van der Waals surface area (Å²) in [6, 6.07) is 15.6. The van der Waals surface area contributed by atoms with Crippen molar-refractivity contribution in [2.75, 3.05) is 13.2 Å². The Morgan fingerprint density at radius 1 is 0.969 bits per heavy atom. The van der Waals surface area contributed by atoms with E-state index in [4.69, 9.17) is 38.4 Å². The van der Waals surface area contributed by atoms with Crippen molar-refractivity contribution in [2.24, 2.45) is 11.1 Å². The van der Waals surface area contributed by atoms with Gasteiger partial charge in [-0.15, -0.1) is 0 Å². The number of nitrogens with two attached hydrogens (primary N) is 1. The van der Waals surface area contributed by atoms with Crippen molar-refractivity contribution in [1.82, 2.24) is 0 Å². The van der Waals surface area contributed by atoms with Crippen LogP contribution < -0.4 is 5.73 Å². The van der Waals surface area contributed by atoms with Gasteiger partial charge in [0.25, 0.3) is 0 Å². The van der Waals surface area contributed by atoms with Crippen LogP contribution in [0.1, 0.15) is 36.8 Å². The van der Waals surface area contributed by atoms with Crippen LogP contribution in [-0.4, -0.2) is 25.2 Å². The van der Waals surface area contributed by atoms with Crippen LogP contribution in [0.25, 0.3) is 0 Å². The monoisotopic (exact) mass is 472 g/mol. The van der Waals surface area contributed by atoms with Gasteiger partial charge in [-0.1, -0.05) is 47.5 Å². The van der Waals surface area contributed by atoms with E-state index < -0.39 is 29.2 Å². The van der Waals surface area contributed by atoms with E-state index in [1.807, 2.05) is 0 Å². The zero-order chi connectivity index (χ0) is 23.5. The number of rotatable bonds is 6.